The molecule has 1 aliphatic carbocycles. The van der Waals surface area contributed by atoms with Crippen LogP contribution in [0.15, 0.2) is 30.5 Å². The molecule has 0 aromatic carbocycles. The van der Waals surface area contributed by atoms with Crippen molar-refractivity contribution in [1.82, 2.24) is 24.7 Å². The monoisotopic (exact) mass is 411 g/mol. The van der Waals surface area contributed by atoms with Crippen LogP contribution in [0.3, 0.4) is 0 Å². The Balaban J connectivity index is 1.75. The van der Waals surface area contributed by atoms with Crippen molar-refractivity contribution in [2.45, 2.75) is 57.7 Å². The van der Waals surface area contributed by atoms with E-state index in [4.69, 9.17) is 12.2 Å². The van der Waals surface area contributed by atoms with E-state index in [-0.39, 0.29) is 12.1 Å². The highest BCUT2D eigenvalue weighted by molar-refractivity contribution is 7.80. The molecule has 0 spiro atoms. The van der Waals surface area contributed by atoms with Gasteiger partial charge in [0.2, 0.25) is 0 Å². The number of rotatable bonds is 6. The van der Waals surface area contributed by atoms with Gasteiger partial charge in [0.05, 0.1) is 17.8 Å². The topological polar surface area (TPSA) is 36.3 Å². The molecule has 4 rings (SSSR count). The maximum absolute atomic E-state index is 5.80. The molecule has 29 heavy (non-hydrogen) atoms. The number of hydrogen-bond donors (Lipinski definition) is 1. The summed E-state index contributed by atoms with van der Waals surface area (Å²) in [4.78, 5) is 9.26. The Morgan fingerprint density at radius 2 is 1.97 bits per heavy atom. The van der Waals surface area contributed by atoms with Gasteiger partial charge in [0.1, 0.15) is 0 Å². The smallest absolute Gasteiger partial charge is 0.170 e. The zero-order valence-corrected chi connectivity index (χ0v) is 18.9. The summed E-state index contributed by atoms with van der Waals surface area (Å²) in [5, 5.41) is 4.42. The van der Waals surface area contributed by atoms with E-state index < -0.39 is 0 Å². The van der Waals surface area contributed by atoms with Crippen LogP contribution in [0.2, 0.25) is 0 Å². The van der Waals surface area contributed by atoms with Crippen LogP contribution in [0.25, 0.3) is 0 Å². The first-order valence-corrected chi connectivity index (χ1v) is 11.2. The van der Waals surface area contributed by atoms with Crippen LogP contribution in [0.1, 0.15) is 66.5 Å². The average Bonchev–Trinajstić information content (AvgIpc) is 3.39. The molecule has 2 aromatic rings. The molecule has 2 fully saturated rings. The molecule has 5 nitrogen and oxygen atoms in total. The zero-order valence-electron chi connectivity index (χ0n) is 18.1. The first-order valence-electron chi connectivity index (χ1n) is 10.8. The Kier molecular flexibility index (Phi) is 5.93. The van der Waals surface area contributed by atoms with Crippen molar-refractivity contribution in [3.63, 3.8) is 0 Å². The van der Waals surface area contributed by atoms with Crippen molar-refractivity contribution in [2.24, 2.45) is 0 Å². The molecule has 0 bridgehead atoms. The molecule has 0 radical (unpaired) electrons. The fourth-order valence-corrected chi connectivity index (χ4v) is 5.45. The third-order valence-corrected chi connectivity index (χ3v) is 6.87. The van der Waals surface area contributed by atoms with E-state index in [1.165, 1.54) is 42.6 Å². The van der Waals surface area contributed by atoms with Crippen LogP contribution in [-0.4, -0.2) is 51.6 Å². The lowest BCUT2D eigenvalue weighted by molar-refractivity contribution is 0.276. The maximum atomic E-state index is 5.80. The molecule has 3 heterocycles. The number of nitrogens with one attached hydrogen (secondary N) is 1. The third-order valence-electron chi connectivity index (χ3n) is 6.52. The van der Waals surface area contributed by atoms with Crippen LogP contribution in [0.4, 0.5) is 0 Å². The molecule has 6 heteroatoms. The number of hydrogen-bond acceptors (Lipinski definition) is 3. The minimum Gasteiger partial charge on any atom is -0.352 e. The zero-order chi connectivity index (χ0) is 20.5. The van der Waals surface area contributed by atoms with Crippen molar-refractivity contribution in [3.05, 3.63) is 53.1 Å². The lowest BCUT2D eigenvalue weighted by Gasteiger charge is -2.29. The summed E-state index contributed by atoms with van der Waals surface area (Å²) in [6, 6.07) is 9.43. The predicted octanol–water partition coefficient (Wildman–Crippen LogP) is 4.15. The number of aryl methyl sites for hydroxylation is 1. The molecular weight excluding hydrogens is 378 g/mol. The molecule has 1 N–H and O–H groups in total. The van der Waals surface area contributed by atoms with Crippen molar-refractivity contribution in [3.8, 4) is 0 Å². The molecule has 2 atom stereocenters. The fraction of sp³-hybridized carbons (Fsp3) is 0.565. The molecule has 2 aliphatic rings. The van der Waals surface area contributed by atoms with Crippen LogP contribution in [-0.2, 0) is 0 Å². The number of thiocarbonyl (C=S) groups is 1. The highest BCUT2D eigenvalue weighted by Crippen LogP contribution is 2.42. The second kappa shape index (κ2) is 8.44. The lowest BCUT2D eigenvalue weighted by Crippen LogP contribution is -2.35. The van der Waals surface area contributed by atoms with Gasteiger partial charge in [0.25, 0.3) is 0 Å². The van der Waals surface area contributed by atoms with E-state index in [0.717, 1.165) is 23.9 Å². The summed E-state index contributed by atoms with van der Waals surface area (Å²) < 4.78 is 2.59. The first kappa shape index (κ1) is 20.4. The Bertz CT molecular complexity index is 854. The molecule has 0 amide bonds. The second-order valence-electron chi connectivity index (χ2n) is 8.76. The molecule has 2 aromatic heterocycles. The highest BCUT2D eigenvalue weighted by Gasteiger charge is 2.41. The summed E-state index contributed by atoms with van der Waals surface area (Å²) in [6.07, 6.45) is 7.16. The first-order chi connectivity index (χ1) is 14.0. The Hall–Kier alpha value is -1.92. The molecule has 1 saturated heterocycles. The predicted molar refractivity (Wildman–Crippen MR) is 122 cm³/mol. The quantitative estimate of drug-likeness (QED) is 0.723. The van der Waals surface area contributed by atoms with Crippen LogP contribution in [0, 0.1) is 13.8 Å². The van der Waals surface area contributed by atoms with Crippen molar-refractivity contribution >= 4 is 17.3 Å². The van der Waals surface area contributed by atoms with E-state index in [9.17, 15) is 0 Å². The van der Waals surface area contributed by atoms with E-state index in [2.05, 4.69) is 70.8 Å². The van der Waals surface area contributed by atoms with E-state index in [0.29, 0.717) is 6.04 Å². The molecule has 156 valence electrons. The normalized spacial score (nSPS) is 22.7. The molecule has 1 aliphatic heterocycles. The van der Waals surface area contributed by atoms with Gasteiger partial charge in [-0.3, -0.25) is 4.98 Å². The molecular formula is C23H33N5S. The van der Waals surface area contributed by atoms with E-state index >= 15 is 0 Å². The van der Waals surface area contributed by atoms with Gasteiger partial charge in [0, 0.05) is 36.7 Å². The van der Waals surface area contributed by atoms with Gasteiger partial charge in [-0.15, -0.1) is 0 Å². The molecule has 0 unspecified atom stereocenters. The van der Waals surface area contributed by atoms with Crippen molar-refractivity contribution in [1.29, 1.82) is 0 Å². The van der Waals surface area contributed by atoms with Crippen LogP contribution >= 0.6 is 12.2 Å². The number of aromatic nitrogens is 2. The minimum absolute atomic E-state index is 0.0726. The summed E-state index contributed by atoms with van der Waals surface area (Å²) in [5.74, 6) is 0. The summed E-state index contributed by atoms with van der Waals surface area (Å²) in [6.45, 7) is 6.42. The average molecular weight is 412 g/mol. The van der Waals surface area contributed by atoms with Gasteiger partial charge >= 0.3 is 0 Å². The van der Waals surface area contributed by atoms with E-state index in [1.807, 2.05) is 12.3 Å². The molecule has 1 saturated carbocycles. The Morgan fingerprint density at radius 1 is 1.21 bits per heavy atom. The largest absolute Gasteiger partial charge is 0.352 e. The minimum atomic E-state index is 0.0726. The number of pyridine rings is 1. The van der Waals surface area contributed by atoms with Gasteiger partial charge in [-0.25, -0.2) is 0 Å². The Morgan fingerprint density at radius 3 is 2.62 bits per heavy atom. The van der Waals surface area contributed by atoms with Crippen LogP contribution < -0.4 is 5.32 Å². The summed E-state index contributed by atoms with van der Waals surface area (Å²) >= 11 is 5.80. The lowest BCUT2D eigenvalue weighted by atomic mass is 9.96. The summed E-state index contributed by atoms with van der Waals surface area (Å²) in [7, 11) is 4.23. The Labute approximate surface area is 180 Å². The highest BCUT2D eigenvalue weighted by atomic mass is 32.1. The van der Waals surface area contributed by atoms with Gasteiger partial charge in [-0.05, 0) is 76.8 Å². The van der Waals surface area contributed by atoms with Crippen molar-refractivity contribution in [2.75, 3.05) is 27.2 Å². The fourth-order valence-electron chi connectivity index (χ4n) is 5.12. The standard InChI is InChI=1S/C23H33N5S/c1-16-15-19(17(2)28(16)18-9-5-6-10-18)22-21(20-11-7-8-12-24-20)25-23(29)27(22)14-13-26(3)4/h7-8,11-12,15,18,21-22H,5-6,9-10,13-14H2,1-4H3,(H,25,29)/t21-,22+/m0/s1. The second-order valence-corrected chi connectivity index (χ2v) is 9.14. The maximum Gasteiger partial charge on any atom is 0.170 e. The van der Waals surface area contributed by atoms with E-state index in [1.54, 1.807) is 0 Å². The third kappa shape index (κ3) is 3.92. The SMILES string of the molecule is Cc1cc([C@@H]2[C@H](c3ccccn3)NC(=S)N2CCN(C)C)c(C)n1C1CCCC1. The number of likely N-dealkylation sites (N-methyl/N-ethyl adjacent to an activating group) is 1. The number of nitrogens with zero attached hydrogens (tertiary/aromatic N) is 4. The van der Waals surface area contributed by atoms with Gasteiger partial charge in [-0.1, -0.05) is 18.9 Å². The van der Waals surface area contributed by atoms with Gasteiger partial charge in [-0.2, -0.15) is 0 Å². The van der Waals surface area contributed by atoms with Gasteiger partial charge < -0.3 is 19.7 Å². The van der Waals surface area contributed by atoms with Crippen LogP contribution in [0.5, 0.6) is 0 Å². The summed E-state index contributed by atoms with van der Waals surface area (Å²) in [5.41, 5.74) is 5.20. The van der Waals surface area contributed by atoms with Gasteiger partial charge in [0.15, 0.2) is 5.11 Å². The van der Waals surface area contributed by atoms with Crippen molar-refractivity contribution < 1.29 is 0 Å².